The third-order valence-corrected chi connectivity index (χ3v) is 7.99. The van der Waals surface area contributed by atoms with E-state index in [2.05, 4.69) is 19.2 Å². The molecule has 8 heteroatoms. The van der Waals surface area contributed by atoms with Crippen molar-refractivity contribution >= 4 is 34.5 Å². The molecular formula is C30H31N3O4S. The molecule has 1 atom stereocenters. The summed E-state index contributed by atoms with van der Waals surface area (Å²) in [6, 6.07) is 13.0. The summed E-state index contributed by atoms with van der Waals surface area (Å²) in [5, 5.41) is 2.88. The number of aryl methyl sites for hydroxylation is 1. The van der Waals surface area contributed by atoms with E-state index in [1.54, 1.807) is 11.5 Å². The van der Waals surface area contributed by atoms with E-state index in [0.717, 1.165) is 23.1 Å². The lowest BCUT2D eigenvalue weighted by molar-refractivity contribution is -0.139. The van der Waals surface area contributed by atoms with Crippen LogP contribution < -0.4 is 20.2 Å². The van der Waals surface area contributed by atoms with Crippen LogP contribution in [-0.2, 0) is 14.3 Å². The monoisotopic (exact) mass is 529 g/mol. The van der Waals surface area contributed by atoms with Crippen LogP contribution in [0.5, 0.6) is 0 Å². The van der Waals surface area contributed by atoms with Gasteiger partial charge in [0.1, 0.15) is 4.53 Å². The Labute approximate surface area is 225 Å². The van der Waals surface area contributed by atoms with Gasteiger partial charge >= 0.3 is 5.97 Å². The average Bonchev–Trinajstić information content (AvgIpc) is 3.38. The van der Waals surface area contributed by atoms with Crippen molar-refractivity contribution in [3.63, 3.8) is 0 Å². The number of carbonyl (C=O) groups excluding carboxylic acids is 2. The van der Waals surface area contributed by atoms with Crippen molar-refractivity contribution in [3.05, 3.63) is 95.7 Å². The minimum absolute atomic E-state index is 0.214. The number of carbonyl (C=O) groups is 2. The van der Waals surface area contributed by atoms with Crippen molar-refractivity contribution in [2.24, 2.45) is 4.99 Å². The van der Waals surface area contributed by atoms with E-state index in [1.807, 2.05) is 56.3 Å². The molecule has 0 radical (unpaired) electrons. The zero-order valence-electron chi connectivity index (χ0n) is 22.3. The fourth-order valence-corrected chi connectivity index (χ4v) is 6.17. The Bertz CT molecular complexity index is 1660. The fourth-order valence-electron chi connectivity index (χ4n) is 5.06. The number of benzene rings is 2. The van der Waals surface area contributed by atoms with Crippen LogP contribution in [0.4, 0.5) is 5.69 Å². The molecule has 0 aliphatic carbocycles. The van der Waals surface area contributed by atoms with Crippen molar-refractivity contribution in [1.82, 2.24) is 4.57 Å². The first-order valence-electron chi connectivity index (χ1n) is 13.0. The molecule has 1 amide bonds. The van der Waals surface area contributed by atoms with E-state index in [4.69, 9.17) is 9.73 Å². The van der Waals surface area contributed by atoms with E-state index >= 15 is 0 Å². The lowest BCUT2D eigenvalue weighted by Gasteiger charge is -2.26. The van der Waals surface area contributed by atoms with E-state index < -0.39 is 12.0 Å². The number of esters is 1. The minimum atomic E-state index is -0.705. The van der Waals surface area contributed by atoms with Gasteiger partial charge in [0.05, 0.1) is 29.5 Å². The molecule has 0 saturated carbocycles. The first-order chi connectivity index (χ1) is 18.2. The summed E-state index contributed by atoms with van der Waals surface area (Å²) < 4.78 is 7.35. The van der Waals surface area contributed by atoms with Crippen LogP contribution in [0.3, 0.4) is 0 Å². The number of amides is 1. The number of aromatic nitrogens is 1. The summed E-state index contributed by atoms with van der Waals surface area (Å²) in [7, 11) is 0. The van der Waals surface area contributed by atoms with Crippen LogP contribution in [0, 0.1) is 6.92 Å². The number of hydrogen-bond donors (Lipinski definition) is 1. The highest BCUT2D eigenvalue weighted by Crippen LogP contribution is 2.34. The van der Waals surface area contributed by atoms with Gasteiger partial charge in [0.25, 0.3) is 11.5 Å². The summed E-state index contributed by atoms with van der Waals surface area (Å²) in [6.45, 7) is 10.2. The van der Waals surface area contributed by atoms with Crippen LogP contribution in [0.2, 0.25) is 0 Å². The highest BCUT2D eigenvalue weighted by Gasteiger charge is 2.36. The van der Waals surface area contributed by atoms with Gasteiger partial charge in [-0.05, 0) is 49.4 Å². The first kappa shape index (κ1) is 25.9. The standard InChI is InChI=1S/C30H31N3O4S/c1-6-8-22-24(29(36)37-7-2)25(19-12-10-18(11-13-19)16(3)4)33-28(35)26(38-30(33)32-22)23-20-15-17(5)9-14-21(20)31-27(23)34/h9-16,25H,6-8H2,1-5H3,(H,31,34)/b26-23-/t25-/m0/s1. The summed E-state index contributed by atoms with van der Waals surface area (Å²) in [5.74, 6) is -0.449. The van der Waals surface area contributed by atoms with Crippen molar-refractivity contribution in [3.8, 4) is 0 Å². The van der Waals surface area contributed by atoms with Gasteiger partial charge in [-0.1, -0.05) is 74.4 Å². The molecule has 2 aromatic carbocycles. The molecule has 0 bridgehead atoms. The second kappa shape index (κ2) is 10.2. The summed E-state index contributed by atoms with van der Waals surface area (Å²) >= 11 is 1.20. The summed E-state index contributed by atoms with van der Waals surface area (Å²) in [6.07, 6.45) is 1.34. The van der Waals surface area contributed by atoms with Crippen LogP contribution in [0.25, 0.3) is 5.57 Å². The molecule has 2 aliphatic heterocycles. The third kappa shape index (κ3) is 4.32. The number of allylic oxidation sites excluding steroid dienone is 1. The van der Waals surface area contributed by atoms with Gasteiger partial charge in [-0.2, -0.15) is 0 Å². The van der Waals surface area contributed by atoms with Crippen LogP contribution in [0.1, 0.15) is 74.8 Å². The molecule has 0 saturated heterocycles. The summed E-state index contributed by atoms with van der Waals surface area (Å²) in [5.41, 5.74) is 5.33. The molecule has 7 nitrogen and oxygen atoms in total. The first-order valence-corrected chi connectivity index (χ1v) is 13.8. The molecule has 2 aliphatic rings. The normalized spacial score (nSPS) is 17.7. The maximum Gasteiger partial charge on any atom is 0.338 e. The Balaban J connectivity index is 1.82. The molecular weight excluding hydrogens is 498 g/mol. The number of nitrogens with zero attached hydrogens (tertiary/aromatic N) is 2. The lowest BCUT2D eigenvalue weighted by Crippen LogP contribution is -2.40. The number of fused-ring (bicyclic) bond motifs is 2. The Hall–Kier alpha value is -3.78. The molecule has 3 aromatic rings. The summed E-state index contributed by atoms with van der Waals surface area (Å²) in [4.78, 5) is 45.8. The van der Waals surface area contributed by atoms with Crippen molar-refractivity contribution < 1.29 is 14.3 Å². The topological polar surface area (TPSA) is 89.8 Å². The molecule has 38 heavy (non-hydrogen) atoms. The second-order valence-corrected chi connectivity index (χ2v) is 10.9. The van der Waals surface area contributed by atoms with Crippen LogP contribution in [-0.4, -0.2) is 23.1 Å². The van der Waals surface area contributed by atoms with Gasteiger partial charge in [-0.15, -0.1) is 0 Å². The predicted octanol–water partition coefficient (Wildman–Crippen LogP) is 4.33. The average molecular weight is 530 g/mol. The van der Waals surface area contributed by atoms with Crippen molar-refractivity contribution in [1.29, 1.82) is 0 Å². The van der Waals surface area contributed by atoms with Gasteiger partial charge in [0.15, 0.2) is 4.80 Å². The predicted molar refractivity (Wildman–Crippen MR) is 149 cm³/mol. The third-order valence-electron chi connectivity index (χ3n) is 6.93. The molecule has 3 heterocycles. The Kier molecular flexibility index (Phi) is 6.92. The van der Waals surface area contributed by atoms with Crippen LogP contribution in [0.15, 0.2) is 63.5 Å². The maximum atomic E-state index is 14.1. The van der Waals surface area contributed by atoms with Gasteiger partial charge in [0.2, 0.25) is 0 Å². The Morgan fingerprint density at radius 1 is 1.13 bits per heavy atom. The quantitative estimate of drug-likeness (QED) is 0.482. The lowest BCUT2D eigenvalue weighted by atomic mass is 9.92. The Morgan fingerprint density at radius 3 is 2.53 bits per heavy atom. The SMILES string of the molecule is CCCC1=C(C(=O)OCC)[C@H](c2ccc(C(C)C)cc2)n2c(s/c(=C3\C(=O)Nc4ccc(C)cc43)c2=O)=N1. The number of ether oxygens (including phenoxy) is 1. The second-order valence-electron chi connectivity index (χ2n) is 9.93. The maximum absolute atomic E-state index is 14.1. The Morgan fingerprint density at radius 2 is 1.87 bits per heavy atom. The largest absolute Gasteiger partial charge is 0.463 e. The van der Waals surface area contributed by atoms with Gasteiger partial charge in [-0.3, -0.25) is 14.2 Å². The smallest absolute Gasteiger partial charge is 0.338 e. The van der Waals surface area contributed by atoms with Gasteiger partial charge < -0.3 is 10.1 Å². The molecule has 0 spiro atoms. The number of rotatable bonds is 6. The van der Waals surface area contributed by atoms with E-state index in [-0.39, 0.29) is 18.1 Å². The molecule has 1 N–H and O–H groups in total. The van der Waals surface area contributed by atoms with Gasteiger partial charge in [-0.25, -0.2) is 9.79 Å². The van der Waals surface area contributed by atoms with Crippen molar-refractivity contribution in [2.75, 3.05) is 11.9 Å². The number of nitrogens with one attached hydrogen (secondary N) is 1. The van der Waals surface area contributed by atoms with E-state index in [1.165, 1.54) is 11.3 Å². The molecule has 0 fully saturated rings. The molecule has 0 unspecified atom stereocenters. The van der Waals surface area contributed by atoms with E-state index in [9.17, 15) is 14.4 Å². The minimum Gasteiger partial charge on any atom is -0.463 e. The number of hydrogen-bond acceptors (Lipinski definition) is 6. The van der Waals surface area contributed by atoms with Crippen LogP contribution >= 0.6 is 11.3 Å². The van der Waals surface area contributed by atoms with Gasteiger partial charge in [0, 0.05) is 11.3 Å². The highest BCUT2D eigenvalue weighted by molar-refractivity contribution is 7.07. The zero-order valence-corrected chi connectivity index (χ0v) is 23.1. The number of anilines is 1. The number of thiazole rings is 1. The highest BCUT2D eigenvalue weighted by atomic mass is 32.1. The van der Waals surface area contributed by atoms with E-state index in [0.29, 0.717) is 49.8 Å². The zero-order chi connectivity index (χ0) is 27.1. The molecule has 5 rings (SSSR count). The fraction of sp³-hybridized carbons (Fsp3) is 0.333. The molecule has 196 valence electrons. The molecule has 1 aromatic heterocycles. The van der Waals surface area contributed by atoms with Crippen molar-refractivity contribution in [2.45, 2.75) is 59.4 Å².